The predicted octanol–water partition coefficient (Wildman–Crippen LogP) is 4.15. The molecular weight excluding hydrogens is 261 g/mol. The van der Waals surface area contributed by atoms with E-state index in [2.05, 4.69) is 9.97 Å². The van der Waals surface area contributed by atoms with Crippen LogP contribution >= 0.6 is 11.8 Å². The van der Waals surface area contributed by atoms with Gasteiger partial charge in [0.1, 0.15) is 5.82 Å². The van der Waals surface area contributed by atoms with Gasteiger partial charge in [-0.1, -0.05) is 0 Å². The highest BCUT2D eigenvalue weighted by Crippen LogP contribution is 2.39. The highest BCUT2D eigenvalue weighted by molar-refractivity contribution is 7.99. The van der Waals surface area contributed by atoms with Crippen molar-refractivity contribution >= 4 is 22.8 Å². The first-order valence-electron chi connectivity index (χ1n) is 5.72. The molecule has 2 aromatic rings. The van der Waals surface area contributed by atoms with E-state index < -0.39 is 11.7 Å². The summed E-state index contributed by atoms with van der Waals surface area (Å²) in [4.78, 5) is 7.39. The number of alkyl halides is 3. The van der Waals surface area contributed by atoms with Crippen molar-refractivity contribution in [2.24, 2.45) is 0 Å². The van der Waals surface area contributed by atoms with Gasteiger partial charge in [-0.25, -0.2) is 4.98 Å². The van der Waals surface area contributed by atoms with E-state index in [1.165, 1.54) is 6.07 Å². The van der Waals surface area contributed by atoms with E-state index in [0.29, 0.717) is 16.3 Å². The van der Waals surface area contributed by atoms with Gasteiger partial charge in [-0.3, -0.25) is 0 Å². The van der Waals surface area contributed by atoms with Crippen molar-refractivity contribution in [2.45, 2.75) is 24.3 Å². The van der Waals surface area contributed by atoms with Crippen LogP contribution in [0.2, 0.25) is 0 Å². The average molecular weight is 272 g/mol. The number of nitrogens with one attached hydrogen (secondary N) is 1. The first kappa shape index (κ1) is 11.9. The maximum absolute atomic E-state index is 12.6. The Bertz CT molecular complexity index is 570. The topological polar surface area (TPSA) is 28.7 Å². The zero-order valence-electron chi connectivity index (χ0n) is 9.42. The Kier molecular flexibility index (Phi) is 2.77. The molecule has 18 heavy (non-hydrogen) atoms. The van der Waals surface area contributed by atoms with Crippen LogP contribution in [-0.2, 0) is 6.18 Å². The second-order valence-corrected chi connectivity index (χ2v) is 5.66. The number of aromatic amines is 1. The van der Waals surface area contributed by atoms with Gasteiger partial charge >= 0.3 is 6.18 Å². The van der Waals surface area contributed by atoms with E-state index in [1.807, 2.05) is 0 Å². The third-order valence-electron chi connectivity index (χ3n) is 3.06. The molecule has 0 spiro atoms. The minimum atomic E-state index is -4.30. The molecule has 6 heteroatoms. The molecule has 96 valence electrons. The standard InChI is InChI=1S/C12H11F3N2S/c13-12(14,15)7-3-4-8-9(6-7)17-11(16-8)10-2-1-5-18-10/h3-4,6,10H,1-2,5H2,(H,16,17). The SMILES string of the molecule is FC(F)(F)c1ccc2nc(C3CCCS3)[nH]c2c1. The molecule has 1 aliphatic rings. The maximum Gasteiger partial charge on any atom is 0.416 e. The van der Waals surface area contributed by atoms with Crippen LogP contribution in [0.3, 0.4) is 0 Å². The molecule has 1 atom stereocenters. The van der Waals surface area contributed by atoms with Gasteiger partial charge in [-0.15, -0.1) is 0 Å². The third kappa shape index (κ3) is 2.09. The lowest BCUT2D eigenvalue weighted by atomic mass is 10.2. The van der Waals surface area contributed by atoms with Crippen molar-refractivity contribution in [3.05, 3.63) is 29.6 Å². The Morgan fingerprint density at radius 1 is 1.33 bits per heavy atom. The average Bonchev–Trinajstić information content (AvgIpc) is 2.95. The van der Waals surface area contributed by atoms with Crippen LogP contribution in [0.25, 0.3) is 11.0 Å². The second-order valence-electron chi connectivity index (χ2n) is 4.35. The largest absolute Gasteiger partial charge is 0.416 e. The number of halogens is 3. The van der Waals surface area contributed by atoms with E-state index in [4.69, 9.17) is 0 Å². The monoisotopic (exact) mass is 272 g/mol. The molecule has 3 rings (SSSR count). The molecule has 1 N–H and O–H groups in total. The molecule has 0 bridgehead atoms. The number of hydrogen-bond donors (Lipinski definition) is 1. The van der Waals surface area contributed by atoms with Gasteiger partial charge < -0.3 is 4.98 Å². The number of imidazole rings is 1. The molecule has 1 unspecified atom stereocenters. The fourth-order valence-corrected chi connectivity index (χ4v) is 3.37. The Morgan fingerprint density at radius 2 is 2.17 bits per heavy atom. The number of benzene rings is 1. The Hall–Kier alpha value is -1.17. The summed E-state index contributed by atoms with van der Waals surface area (Å²) < 4.78 is 37.8. The lowest BCUT2D eigenvalue weighted by Crippen LogP contribution is -2.04. The van der Waals surface area contributed by atoms with Crippen molar-refractivity contribution < 1.29 is 13.2 Å². The summed E-state index contributed by atoms with van der Waals surface area (Å²) in [6, 6.07) is 3.64. The number of hydrogen-bond acceptors (Lipinski definition) is 2. The van der Waals surface area contributed by atoms with E-state index in [-0.39, 0.29) is 0 Å². The van der Waals surface area contributed by atoms with Gasteiger partial charge in [-0.05, 0) is 36.8 Å². The Labute approximate surface area is 106 Å². The summed E-state index contributed by atoms with van der Waals surface area (Å²) in [5, 5.41) is 0.298. The number of rotatable bonds is 1. The molecule has 0 saturated carbocycles. The van der Waals surface area contributed by atoms with Crippen LogP contribution in [0.15, 0.2) is 18.2 Å². The second kappa shape index (κ2) is 4.19. The first-order chi connectivity index (χ1) is 8.54. The van der Waals surface area contributed by atoms with Crippen LogP contribution in [0.5, 0.6) is 0 Å². The number of thioether (sulfide) groups is 1. The summed E-state index contributed by atoms with van der Waals surface area (Å²) in [5.41, 5.74) is 0.432. The van der Waals surface area contributed by atoms with Gasteiger partial charge in [-0.2, -0.15) is 24.9 Å². The lowest BCUT2D eigenvalue weighted by Gasteiger charge is -2.05. The van der Waals surface area contributed by atoms with Crippen molar-refractivity contribution in [1.82, 2.24) is 9.97 Å². The van der Waals surface area contributed by atoms with Crippen molar-refractivity contribution in [3.63, 3.8) is 0 Å². The summed E-state index contributed by atoms with van der Waals surface area (Å²) in [6.07, 6.45) is -2.13. The normalized spacial score (nSPS) is 20.7. The Balaban J connectivity index is 2.01. The van der Waals surface area contributed by atoms with Crippen LogP contribution in [-0.4, -0.2) is 15.7 Å². The quantitative estimate of drug-likeness (QED) is 0.844. The van der Waals surface area contributed by atoms with E-state index in [0.717, 1.165) is 36.6 Å². The zero-order valence-corrected chi connectivity index (χ0v) is 10.2. The number of aromatic nitrogens is 2. The van der Waals surface area contributed by atoms with Crippen LogP contribution in [0.1, 0.15) is 29.5 Å². The van der Waals surface area contributed by atoms with Crippen LogP contribution < -0.4 is 0 Å². The molecule has 1 saturated heterocycles. The Morgan fingerprint density at radius 3 is 2.83 bits per heavy atom. The fraction of sp³-hybridized carbons (Fsp3) is 0.417. The van der Waals surface area contributed by atoms with E-state index in [1.54, 1.807) is 11.8 Å². The fourth-order valence-electron chi connectivity index (χ4n) is 2.15. The molecule has 1 aliphatic heterocycles. The van der Waals surface area contributed by atoms with E-state index >= 15 is 0 Å². The molecule has 1 fully saturated rings. The molecule has 0 aliphatic carbocycles. The third-order valence-corrected chi connectivity index (χ3v) is 4.45. The minimum absolute atomic E-state index is 0.298. The van der Waals surface area contributed by atoms with Gasteiger partial charge in [0.05, 0.1) is 21.8 Å². The highest BCUT2D eigenvalue weighted by atomic mass is 32.2. The number of nitrogens with zero attached hydrogens (tertiary/aromatic N) is 1. The van der Waals surface area contributed by atoms with Crippen molar-refractivity contribution in [2.75, 3.05) is 5.75 Å². The minimum Gasteiger partial charge on any atom is -0.341 e. The number of H-pyrrole nitrogens is 1. The first-order valence-corrected chi connectivity index (χ1v) is 6.77. The van der Waals surface area contributed by atoms with Gasteiger partial charge in [0, 0.05) is 0 Å². The molecule has 2 nitrogen and oxygen atoms in total. The summed E-state index contributed by atoms with van der Waals surface area (Å²) >= 11 is 1.80. The van der Waals surface area contributed by atoms with Crippen molar-refractivity contribution in [3.8, 4) is 0 Å². The van der Waals surface area contributed by atoms with Crippen LogP contribution in [0.4, 0.5) is 13.2 Å². The molecule has 1 aromatic carbocycles. The van der Waals surface area contributed by atoms with Crippen LogP contribution in [0, 0.1) is 0 Å². The molecular formula is C12H11F3N2S. The molecule has 2 heterocycles. The molecule has 0 amide bonds. The highest BCUT2D eigenvalue weighted by Gasteiger charge is 2.31. The van der Waals surface area contributed by atoms with Gasteiger partial charge in [0.15, 0.2) is 0 Å². The number of fused-ring (bicyclic) bond motifs is 1. The maximum atomic E-state index is 12.6. The predicted molar refractivity (Wildman–Crippen MR) is 65.5 cm³/mol. The van der Waals surface area contributed by atoms with Gasteiger partial charge in [0.25, 0.3) is 0 Å². The summed E-state index contributed by atoms with van der Waals surface area (Å²) in [7, 11) is 0. The summed E-state index contributed by atoms with van der Waals surface area (Å²) in [6.45, 7) is 0. The van der Waals surface area contributed by atoms with Gasteiger partial charge in [0.2, 0.25) is 0 Å². The van der Waals surface area contributed by atoms with Crippen molar-refractivity contribution in [1.29, 1.82) is 0 Å². The van der Waals surface area contributed by atoms with E-state index in [9.17, 15) is 13.2 Å². The molecule has 0 radical (unpaired) electrons. The zero-order chi connectivity index (χ0) is 12.8. The molecule has 1 aromatic heterocycles. The smallest absolute Gasteiger partial charge is 0.341 e. The lowest BCUT2D eigenvalue weighted by molar-refractivity contribution is -0.137. The summed E-state index contributed by atoms with van der Waals surface area (Å²) in [5.74, 6) is 1.89.